The standard InChI is InChI=1S/C9H19N.C2H6/c1-9(2,3)5-4-8-6-10-7-8;1-2/h8,10H,4-7H2,1-3H3;1-2H3. The molecular weight excluding hydrogens is 146 g/mol. The molecule has 1 N–H and O–H groups in total. The molecule has 0 aliphatic carbocycles. The van der Waals surface area contributed by atoms with Crippen molar-refractivity contribution in [2.24, 2.45) is 11.3 Å². The predicted octanol–water partition coefficient (Wildman–Crippen LogP) is 3.06. The topological polar surface area (TPSA) is 12.0 Å². The van der Waals surface area contributed by atoms with Crippen molar-refractivity contribution in [3.05, 3.63) is 0 Å². The first kappa shape index (κ1) is 12.0. The van der Waals surface area contributed by atoms with E-state index in [0.29, 0.717) is 5.41 Å². The minimum Gasteiger partial charge on any atom is -0.316 e. The monoisotopic (exact) mass is 171 g/mol. The zero-order valence-electron chi connectivity index (χ0n) is 9.41. The lowest BCUT2D eigenvalue weighted by Gasteiger charge is -2.29. The highest BCUT2D eigenvalue weighted by Gasteiger charge is 2.19. The zero-order chi connectivity index (χ0) is 9.61. The Morgan fingerprint density at radius 3 is 1.92 bits per heavy atom. The Morgan fingerprint density at radius 2 is 1.67 bits per heavy atom. The Hall–Kier alpha value is -0.0400. The lowest BCUT2D eigenvalue weighted by atomic mass is 9.85. The molecule has 1 heterocycles. The predicted molar refractivity (Wildman–Crippen MR) is 56.4 cm³/mol. The molecule has 1 nitrogen and oxygen atoms in total. The molecule has 0 radical (unpaired) electrons. The fourth-order valence-corrected chi connectivity index (χ4v) is 1.19. The summed E-state index contributed by atoms with van der Waals surface area (Å²) >= 11 is 0. The summed E-state index contributed by atoms with van der Waals surface area (Å²) < 4.78 is 0. The van der Waals surface area contributed by atoms with Crippen molar-refractivity contribution in [2.45, 2.75) is 47.5 Å². The Bertz CT molecular complexity index is 98.1. The molecule has 0 atom stereocenters. The smallest absolute Gasteiger partial charge is 0.000825 e. The van der Waals surface area contributed by atoms with Gasteiger partial charge in [-0.05, 0) is 37.3 Å². The molecular formula is C11H25N. The Labute approximate surface area is 77.9 Å². The van der Waals surface area contributed by atoms with Crippen LogP contribution < -0.4 is 5.32 Å². The van der Waals surface area contributed by atoms with Gasteiger partial charge in [0, 0.05) is 0 Å². The normalized spacial score (nSPS) is 17.8. The summed E-state index contributed by atoms with van der Waals surface area (Å²) in [6.07, 6.45) is 2.79. The van der Waals surface area contributed by atoms with Gasteiger partial charge < -0.3 is 5.32 Å². The fourth-order valence-electron chi connectivity index (χ4n) is 1.19. The first-order valence-electron chi connectivity index (χ1n) is 5.29. The zero-order valence-corrected chi connectivity index (χ0v) is 9.41. The van der Waals surface area contributed by atoms with E-state index in [1.807, 2.05) is 13.8 Å². The molecule has 0 aromatic heterocycles. The SMILES string of the molecule is CC.CC(C)(C)CCC1CNC1. The van der Waals surface area contributed by atoms with Crippen LogP contribution in [0.3, 0.4) is 0 Å². The number of nitrogens with one attached hydrogen (secondary N) is 1. The van der Waals surface area contributed by atoms with Gasteiger partial charge in [-0.1, -0.05) is 34.6 Å². The summed E-state index contributed by atoms with van der Waals surface area (Å²) in [7, 11) is 0. The average molecular weight is 171 g/mol. The van der Waals surface area contributed by atoms with Gasteiger partial charge in [-0.25, -0.2) is 0 Å². The van der Waals surface area contributed by atoms with Crippen LogP contribution in [0.4, 0.5) is 0 Å². The van der Waals surface area contributed by atoms with Gasteiger partial charge in [-0.3, -0.25) is 0 Å². The molecule has 0 saturated carbocycles. The maximum absolute atomic E-state index is 3.30. The average Bonchev–Trinajstić information content (AvgIpc) is 1.86. The van der Waals surface area contributed by atoms with E-state index in [4.69, 9.17) is 0 Å². The number of hydrogen-bond acceptors (Lipinski definition) is 1. The third-order valence-corrected chi connectivity index (χ3v) is 2.17. The van der Waals surface area contributed by atoms with Crippen molar-refractivity contribution in [3.8, 4) is 0 Å². The van der Waals surface area contributed by atoms with Crippen molar-refractivity contribution in [2.75, 3.05) is 13.1 Å². The van der Waals surface area contributed by atoms with E-state index < -0.39 is 0 Å². The molecule has 1 heteroatoms. The summed E-state index contributed by atoms with van der Waals surface area (Å²) in [5, 5.41) is 3.30. The van der Waals surface area contributed by atoms with Crippen LogP contribution in [0.2, 0.25) is 0 Å². The number of hydrogen-bond donors (Lipinski definition) is 1. The molecule has 0 unspecified atom stereocenters. The molecule has 1 saturated heterocycles. The maximum Gasteiger partial charge on any atom is -0.000825 e. The molecule has 1 aliphatic heterocycles. The number of rotatable bonds is 2. The van der Waals surface area contributed by atoms with Crippen LogP contribution in [0.5, 0.6) is 0 Å². The van der Waals surface area contributed by atoms with E-state index in [-0.39, 0.29) is 0 Å². The molecule has 74 valence electrons. The van der Waals surface area contributed by atoms with Crippen molar-refractivity contribution >= 4 is 0 Å². The van der Waals surface area contributed by atoms with Crippen LogP contribution in [-0.4, -0.2) is 13.1 Å². The fraction of sp³-hybridized carbons (Fsp3) is 1.00. The lowest BCUT2D eigenvalue weighted by Crippen LogP contribution is -2.42. The third kappa shape index (κ3) is 5.59. The third-order valence-electron chi connectivity index (χ3n) is 2.17. The largest absolute Gasteiger partial charge is 0.316 e. The van der Waals surface area contributed by atoms with Crippen molar-refractivity contribution in [1.82, 2.24) is 5.32 Å². The summed E-state index contributed by atoms with van der Waals surface area (Å²) in [4.78, 5) is 0. The first-order chi connectivity index (χ1) is 5.58. The summed E-state index contributed by atoms with van der Waals surface area (Å²) in [5.41, 5.74) is 0.537. The van der Waals surface area contributed by atoms with Crippen LogP contribution >= 0.6 is 0 Å². The van der Waals surface area contributed by atoms with Gasteiger partial charge in [0.2, 0.25) is 0 Å². The van der Waals surface area contributed by atoms with E-state index in [9.17, 15) is 0 Å². The van der Waals surface area contributed by atoms with Crippen LogP contribution in [0.1, 0.15) is 47.5 Å². The second-order valence-electron chi connectivity index (χ2n) is 4.62. The van der Waals surface area contributed by atoms with E-state index in [1.165, 1.54) is 25.9 Å². The molecule has 0 amide bonds. The summed E-state index contributed by atoms with van der Waals surface area (Å²) in [6, 6.07) is 0. The Morgan fingerprint density at radius 1 is 1.17 bits per heavy atom. The summed E-state index contributed by atoms with van der Waals surface area (Å²) in [5.74, 6) is 0.985. The van der Waals surface area contributed by atoms with E-state index in [2.05, 4.69) is 26.1 Å². The maximum atomic E-state index is 3.30. The van der Waals surface area contributed by atoms with E-state index in [0.717, 1.165) is 5.92 Å². The van der Waals surface area contributed by atoms with Crippen LogP contribution in [0.15, 0.2) is 0 Å². The van der Waals surface area contributed by atoms with Gasteiger partial charge in [0.05, 0.1) is 0 Å². The van der Waals surface area contributed by atoms with Gasteiger partial charge in [0.25, 0.3) is 0 Å². The molecule has 0 aromatic carbocycles. The van der Waals surface area contributed by atoms with E-state index in [1.54, 1.807) is 0 Å². The first-order valence-corrected chi connectivity index (χ1v) is 5.29. The minimum absolute atomic E-state index is 0.537. The Balaban J connectivity index is 0.000000561. The van der Waals surface area contributed by atoms with Gasteiger partial charge in [-0.15, -0.1) is 0 Å². The molecule has 1 fully saturated rings. The molecule has 1 rings (SSSR count). The Kier molecular flexibility index (Phi) is 5.56. The molecule has 12 heavy (non-hydrogen) atoms. The van der Waals surface area contributed by atoms with Gasteiger partial charge in [0.15, 0.2) is 0 Å². The molecule has 0 bridgehead atoms. The van der Waals surface area contributed by atoms with Crippen LogP contribution in [-0.2, 0) is 0 Å². The van der Waals surface area contributed by atoms with Crippen LogP contribution in [0.25, 0.3) is 0 Å². The quantitative estimate of drug-likeness (QED) is 0.673. The molecule has 0 aromatic rings. The second-order valence-corrected chi connectivity index (χ2v) is 4.62. The second kappa shape index (κ2) is 5.58. The van der Waals surface area contributed by atoms with Crippen molar-refractivity contribution < 1.29 is 0 Å². The van der Waals surface area contributed by atoms with Crippen molar-refractivity contribution in [1.29, 1.82) is 0 Å². The highest BCUT2D eigenvalue weighted by Crippen LogP contribution is 2.24. The molecule has 1 aliphatic rings. The van der Waals surface area contributed by atoms with E-state index >= 15 is 0 Å². The highest BCUT2D eigenvalue weighted by molar-refractivity contribution is 4.76. The van der Waals surface area contributed by atoms with Crippen molar-refractivity contribution in [3.63, 3.8) is 0 Å². The minimum atomic E-state index is 0.537. The van der Waals surface area contributed by atoms with Crippen LogP contribution in [0, 0.1) is 11.3 Å². The van der Waals surface area contributed by atoms with Gasteiger partial charge in [0.1, 0.15) is 0 Å². The lowest BCUT2D eigenvalue weighted by molar-refractivity contribution is 0.264. The van der Waals surface area contributed by atoms with Gasteiger partial charge >= 0.3 is 0 Å². The summed E-state index contributed by atoms with van der Waals surface area (Å²) in [6.45, 7) is 13.5. The van der Waals surface area contributed by atoms with Gasteiger partial charge in [-0.2, -0.15) is 0 Å². The highest BCUT2D eigenvalue weighted by atomic mass is 14.9. The molecule has 0 spiro atoms.